The highest BCUT2D eigenvalue weighted by atomic mass is 19.4. The van der Waals surface area contributed by atoms with Crippen molar-refractivity contribution in [3.05, 3.63) is 100 Å². The summed E-state index contributed by atoms with van der Waals surface area (Å²) in [6, 6.07) is 7.46. The lowest BCUT2D eigenvalue weighted by molar-refractivity contribution is -0.275. The molecule has 0 saturated carbocycles. The van der Waals surface area contributed by atoms with Gasteiger partial charge in [-0.1, -0.05) is 32.2 Å². The number of hydrogen-bond acceptors (Lipinski definition) is 9. The average Bonchev–Trinajstić information content (AvgIpc) is 3.64. The minimum atomic E-state index is -4.89. The van der Waals surface area contributed by atoms with E-state index in [9.17, 15) is 37.1 Å². The fourth-order valence-electron chi connectivity index (χ4n) is 4.66. The second-order valence-electron chi connectivity index (χ2n) is 9.58. The van der Waals surface area contributed by atoms with Crippen LogP contribution in [0.5, 0.6) is 5.75 Å². The van der Waals surface area contributed by atoms with Crippen LogP contribution in [0.1, 0.15) is 73.5 Å². The van der Waals surface area contributed by atoms with Crippen LogP contribution in [-0.4, -0.2) is 55.5 Å². The third-order valence-corrected chi connectivity index (χ3v) is 6.71. The number of carboxylic acids is 1. The number of nitrogens with zero attached hydrogens (tertiary/aromatic N) is 4. The first-order chi connectivity index (χ1) is 21.3. The normalized spacial score (nSPS) is 13.5. The molecule has 0 unspecified atom stereocenters. The topological polar surface area (TPSA) is 171 Å². The minimum Gasteiger partial charge on any atom is -0.477 e. The number of fused-ring (bicyclic) bond motifs is 2. The molecule has 2 aromatic carbocycles. The molecule has 0 spiro atoms. The number of aromatic nitrogens is 4. The van der Waals surface area contributed by atoms with Gasteiger partial charge in [-0.2, -0.15) is 14.6 Å². The Hall–Kier alpha value is -5.38. The van der Waals surface area contributed by atoms with Gasteiger partial charge in [-0.3, -0.25) is 4.79 Å². The van der Waals surface area contributed by atoms with Gasteiger partial charge in [0.05, 0.1) is 11.6 Å². The van der Waals surface area contributed by atoms with Crippen LogP contribution < -0.4 is 15.8 Å². The quantitative estimate of drug-likeness (QED) is 0.138. The summed E-state index contributed by atoms with van der Waals surface area (Å²) in [5.41, 5.74) is 8.47. The molecule has 1 aliphatic carbocycles. The number of aromatic carboxylic acids is 1. The highest BCUT2D eigenvalue weighted by molar-refractivity contribution is 5.96. The molecule has 1 atom stereocenters. The van der Waals surface area contributed by atoms with Crippen molar-refractivity contribution in [1.29, 1.82) is 0 Å². The third-order valence-electron chi connectivity index (χ3n) is 6.71. The van der Waals surface area contributed by atoms with Crippen LogP contribution in [0.3, 0.4) is 0 Å². The van der Waals surface area contributed by atoms with Crippen molar-refractivity contribution in [2.24, 2.45) is 5.73 Å². The average molecular weight is 647 g/mol. The number of carbonyl (C=O) groups excluding carboxylic acids is 2. The zero-order valence-electron chi connectivity index (χ0n) is 23.6. The predicted octanol–water partition coefficient (Wildman–Crippen LogP) is 4.71. The van der Waals surface area contributed by atoms with Gasteiger partial charge in [0.1, 0.15) is 18.6 Å². The van der Waals surface area contributed by atoms with E-state index in [1.165, 1.54) is 29.1 Å². The van der Waals surface area contributed by atoms with Gasteiger partial charge >= 0.3 is 18.3 Å². The van der Waals surface area contributed by atoms with Crippen molar-refractivity contribution in [3.8, 4) is 5.75 Å². The van der Waals surface area contributed by atoms with Crippen LogP contribution in [0.25, 0.3) is 5.78 Å². The van der Waals surface area contributed by atoms with E-state index in [4.69, 9.17) is 10.5 Å². The second kappa shape index (κ2) is 14.6. The summed E-state index contributed by atoms with van der Waals surface area (Å²) in [6.07, 6.45) is -0.859. The first kappa shape index (κ1) is 35.1. The summed E-state index contributed by atoms with van der Waals surface area (Å²) < 4.78 is 57.8. The highest BCUT2D eigenvalue weighted by Gasteiger charge is 2.32. The number of halogens is 4. The summed E-state index contributed by atoms with van der Waals surface area (Å²) >= 11 is 0. The molecule has 2 heterocycles. The smallest absolute Gasteiger partial charge is 0.477 e. The van der Waals surface area contributed by atoms with Crippen molar-refractivity contribution in [3.63, 3.8) is 0 Å². The molecule has 1 aliphatic rings. The van der Waals surface area contributed by atoms with E-state index in [0.717, 1.165) is 28.8 Å². The zero-order chi connectivity index (χ0) is 32.9. The summed E-state index contributed by atoms with van der Waals surface area (Å²) in [5.74, 6) is -4.09. The number of rotatable bonds is 8. The Morgan fingerprint density at radius 1 is 1.22 bits per heavy atom. The number of benzene rings is 2. The molecule has 0 saturated heterocycles. The number of esters is 1. The molecule has 46 heavy (non-hydrogen) atoms. The maximum absolute atomic E-state index is 13.0. The predicted molar refractivity (Wildman–Crippen MR) is 156 cm³/mol. The molecular formula is C30H30F4N6O6. The lowest BCUT2D eigenvalue weighted by atomic mass is 9.98. The van der Waals surface area contributed by atoms with Crippen molar-refractivity contribution in [1.82, 2.24) is 24.9 Å². The number of ether oxygens (including phenoxy) is 2. The third kappa shape index (κ3) is 8.01. The molecule has 0 radical (unpaired) electrons. The van der Waals surface area contributed by atoms with Crippen LogP contribution in [0, 0.1) is 12.7 Å². The van der Waals surface area contributed by atoms with Gasteiger partial charge in [-0.25, -0.2) is 19.0 Å². The Morgan fingerprint density at radius 2 is 1.96 bits per heavy atom. The summed E-state index contributed by atoms with van der Waals surface area (Å²) in [7, 11) is 0. The summed E-state index contributed by atoms with van der Waals surface area (Å²) in [5, 5.41) is 16.2. The molecular weight excluding hydrogens is 616 g/mol. The first-order valence-corrected chi connectivity index (χ1v) is 13.2. The molecule has 4 aromatic rings. The number of carboxylic acid groups (broad SMARTS) is 1. The largest absolute Gasteiger partial charge is 0.573 e. The van der Waals surface area contributed by atoms with E-state index in [-0.39, 0.29) is 43.8 Å². The van der Waals surface area contributed by atoms with Crippen LogP contribution in [0.15, 0.2) is 55.4 Å². The number of hydrogen-bond donors (Lipinski definition) is 3. The summed E-state index contributed by atoms with van der Waals surface area (Å²) in [4.78, 5) is 44.3. The molecule has 244 valence electrons. The van der Waals surface area contributed by atoms with E-state index in [1.54, 1.807) is 6.07 Å². The van der Waals surface area contributed by atoms with E-state index >= 15 is 0 Å². The van der Waals surface area contributed by atoms with Gasteiger partial charge in [0.2, 0.25) is 0 Å². The molecule has 5 rings (SSSR count). The van der Waals surface area contributed by atoms with Crippen LogP contribution >= 0.6 is 0 Å². The molecule has 1 amide bonds. The van der Waals surface area contributed by atoms with Gasteiger partial charge in [0.15, 0.2) is 17.3 Å². The minimum absolute atomic E-state index is 0. The van der Waals surface area contributed by atoms with E-state index < -0.39 is 35.8 Å². The molecule has 0 fully saturated rings. The fourth-order valence-corrected chi connectivity index (χ4v) is 4.66. The maximum Gasteiger partial charge on any atom is 0.573 e. The van der Waals surface area contributed by atoms with Crippen LogP contribution in [0.4, 0.5) is 17.6 Å². The lowest BCUT2D eigenvalue weighted by Crippen LogP contribution is -2.29. The SMILES string of the molecule is C.C=CCOC(=O)c1ccc2c(c1C)CC[C@@H]2NC(=O)c1cc(C(=O)O)nc2ncnn12.NCc1ccc(F)c(OC(F)(F)F)c1. The zero-order valence-corrected chi connectivity index (χ0v) is 23.6. The maximum atomic E-state index is 13.0. The standard InChI is InChI=1S/C21H19N5O5.C8H7F4NO.CH4/c1-3-8-31-20(30)13-4-5-14-12(11(13)2)6-7-15(14)24-18(27)17-9-16(19(28)29)25-21-22-10-23-26(17)21;9-6-2-1-5(4-13)3-7(6)14-8(10,11)12;/h3-5,9-10,15H,1,6-8H2,2H3,(H,24,27)(H,28,29);1-3H,4,13H2;1H4/t15-;;/m0../s1. The Labute approximate surface area is 259 Å². The fraction of sp³-hybridized carbons (Fsp3) is 0.267. The van der Waals surface area contributed by atoms with Crippen molar-refractivity contribution < 1.29 is 46.5 Å². The molecule has 2 aromatic heterocycles. The van der Waals surface area contributed by atoms with Crippen molar-refractivity contribution in [2.75, 3.05) is 6.61 Å². The number of nitrogens with two attached hydrogens (primary N) is 1. The Balaban J connectivity index is 0.000000324. The Kier molecular flexibility index (Phi) is 11.1. The molecule has 12 nitrogen and oxygen atoms in total. The molecule has 16 heteroatoms. The number of amides is 1. The van der Waals surface area contributed by atoms with Gasteiger partial charge in [-0.15, -0.1) is 13.2 Å². The number of carbonyl (C=O) groups is 3. The highest BCUT2D eigenvalue weighted by Crippen LogP contribution is 2.35. The number of nitrogens with one attached hydrogen (secondary N) is 1. The monoisotopic (exact) mass is 646 g/mol. The van der Waals surface area contributed by atoms with Gasteiger partial charge in [0, 0.05) is 12.6 Å². The van der Waals surface area contributed by atoms with Gasteiger partial charge < -0.3 is 25.6 Å². The van der Waals surface area contributed by atoms with E-state index in [1.807, 2.05) is 13.0 Å². The molecule has 0 bridgehead atoms. The molecule has 4 N–H and O–H groups in total. The molecule has 0 aliphatic heterocycles. The Morgan fingerprint density at radius 3 is 2.61 bits per heavy atom. The van der Waals surface area contributed by atoms with Gasteiger partial charge in [0.25, 0.3) is 11.7 Å². The lowest BCUT2D eigenvalue weighted by Gasteiger charge is -2.16. The van der Waals surface area contributed by atoms with Crippen LogP contribution in [0.2, 0.25) is 0 Å². The summed E-state index contributed by atoms with van der Waals surface area (Å²) in [6.45, 7) is 5.55. The van der Waals surface area contributed by atoms with Crippen molar-refractivity contribution in [2.45, 2.75) is 46.1 Å². The van der Waals surface area contributed by atoms with Crippen LogP contribution in [-0.2, 0) is 17.7 Å². The van der Waals surface area contributed by atoms with Gasteiger partial charge in [-0.05, 0) is 60.2 Å². The van der Waals surface area contributed by atoms with E-state index in [0.29, 0.717) is 24.0 Å². The number of alkyl halides is 3. The van der Waals surface area contributed by atoms with E-state index in [2.05, 4.69) is 31.7 Å². The second-order valence-corrected chi connectivity index (χ2v) is 9.58. The Bertz CT molecular complexity index is 1770. The van der Waals surface area contributed by atoms with Crippen molar-refractivity contribution >= 4 is 23.6 Å². The first-order valence-electron chi connectivity index (χ1n) is 13.2.